The number of fused-ring (bicyclic) bond motifs is 1. The summed E-state index contributed by atoms with van der Waals surface area (Å²) in [5.41, 5.74) is 0.222. The van der Waals surface area contributed by atoms with Crippen molar-refractivity contribution < 1.29 is 19.6 Å². The van der Waals surface area contributed by atoms with E-state index in [1.807, 2.05) is 0 Å². The van der Waals surface area contributed by atoms with Crippen LogP contribution < -0.4 is 0 Å². The molecule has 9 nitrogen and oxygen atoms in total. The monoisotopic (exact) mass is 324 g/mol. The van der Waals surface area contributed by atoms with E-state index in [2.05, 4.69) is 8.75 Å². The molecule has 116 valence electrons. The molecule has 1 heterocycles. The van der Waals surface area contributed by atoms with Crippen LogP contribution >= 0.6 is 11.7 Å². The quantitative estimate of drug-likeness (QED) is 0.630. The summed E-state index contributed by atoms with van der Waals surface area (Å²) in [6.07, 6.45) is -0.192. The van der Waals surface area contributed by atoms with Crippen molar-refractivity contribution in [2.45, 2.75) is 13.3 Å². The average Bonchev–Trinajstić information content (AvgIpc) is 2.94. The van der Waals surface area contributed by atoms with Crippen LogP contribution in [-0.4, -0.2) is 48.6 Å². The van der Waals surface area contributed by atoms with E-state index in [4.69, 9.17) is 5.11 Å². The maximum Gasteiger partial charge on any atom is 0.305 e. The van der Waals surface area contributed by atoms with Crippen molar-refractivity contribution in [3.63, 3.8) is 0 Å². The van der Waals surface area contributed by atoms with E-state index in [0.717, 1.165) is 17.8 Å². The fraction of sp³-hybridized carbons (Fsp3) is 0.333. The molecule has 2 aromatic rings. The van der Waals surface area contributed by atoms with Crippen molar-refractivity contribution in [1.82, 2.24) is 13.6 Å². The van der Waals surface area contributed by atoms with E-state index in [1.165, 1.54) is 11.0 Å². The number of nitro groups is 1. The Bertz CT molecular complexity index is 744. The van der Waals surface area contributed by atoms with Gasteiger partial charge in [-0.05, 0) is 13.0 Å². The third-order valence-electron chi connectivity index (χ3n) is 3.05. The molecule has 0 saturated heterocycles. The molecule has 22 heavy (non-hydrogen) atoms. The lowest BCUT2D eigenvalue weighted by Gasteiger charge is -2.19. The molecule has 0 saturated carbocycles. The molecule has 0 spiro atoms. The normalized spacial score (nSPS) is 10.6. The van der Waals surface area contributed by atoms with Gasteiger partial charge in [0.15, 0.2) is 5.52 Å². The van der Waals surface area contributed by atoms with Crippen LogP contribution in [-0.2, 0) is 4.79 Å². The Hall–Kier alpha value is -2.62. The summed E-state index contributed by atoms with van der Waals surface area (Å²) in [4.78, 5) is 34.8. The number of nitrogens with zero attached hydrogens (tertiary/aromatic N) is 4. The van der Waals surface area contributed by atoms with Crippen molar-refractivity contribution in [3.8, 4) is 0 Å². The molecule has 0 fully saturated rings. The first-order valence-corrected chi connectivity index (χ1v) is 7.08. The van der Waals surface area contributed by atoms with Gasteiger partial charge in [0.1, 0.15) is 5.52 Å². The summed E-state index contributed by atoms with van der Waals surface area (Å²) < 4.78 is 7.78. The lowest BCUT2D eigenvalue weighted by molar-refractivity contribution is -0.383. The molecule has 0 atom stereocenters. The van der Waals surface area contributed by atoms with Crippen molar-refractivity contribution in [2.75, 3.05) is 13.1 Å². The summed E-state index contributed by atoms with van der Waals surface area (Å²) in [6, 6.07) is 2.58. The lowest BCUT2D eigenvalue weighted by Crippen LogP contribution is -2.32. The third kappa shape index (κ3) is 3.17. The van der Waals surface area contributed by atoms with Gasteiger partial charge in [0.2, 0.25) is 0 Å². The Morgan fingerprint density at radius 2 is 2.14 bits per heavy atom. The maximum atomic E-state index is 12.4. The van der Waals surface area contributed by atoms with Crippen LogP contribution in [0.4, 0.5) is 5.69 Å². The zero-order valence-electron chi connectivity index (χ0n) is 11.6. The number of carboxylic acid groups (broad SMARTS) is 1. The SMILES string of the molecule is CCN(CCC(=O)O)C(=O)c1cc([N+](=O)[O-])c2nsnc2c1. The minimum atomic E-state index is -1.02. The molecule has 1 N–H and O–H groups in total. The number of carbonyl (C=O) groups excluding carboxylic acids is 1. The third-order valence-corrected chi connectivity index (χ3v) is 3.59. The number of aliphatic carboxylic acids is 1. The lowest BCUT2D eigenvalue weighted by atomic mass is 10.1. The zero-order valence-corrected chi connectivity index (χ0v) is 12.4. The molecular weight excluding hydrogens is 312 g/mol. The van der Waals surface area contributed by atoms with Gasteiger partial charge in [-0.1, -0.05) is 0 Å². The number of carboxylic acids is 1. The minimum Gasteiger partial charge on any atom is -0.481 e. The predicted molar refractivity (Wildman–Crippen MR) is 77.9 cm³/mol. The molecule has 1 aromatic carbocycles. The highest BCUT2D eigenvalue weighted by atomic mass is 32.1. The van der Waals surface area contributed by atoms with Gasteiger partial charge in [-0.15, -0.1) is 0 Å². The number of nitro benzene ring substituents is 1. The highest BCUT2D eigenvalue weighted by Crippen LogP contribution is 2.26. The number of aromatic nitrogens is 2. The first-order valence-electron chi connectivity index (χ1n) is 6.35. The Morgan fingerprint density at radius 1 is 1.41 bits per heavy atom. The molecule has 0 bridgehead atoms. The Balaban J connectivity index is 2.38. The number of rotatable bonds is 6. The molecule has 1 aromatic heterocycles. The number of benzene rings is 1. The summed E-state index contributed by atoms with van der Waals surface area (Å²) in [5, 5.41) is 19.8. The van der Waals surface area contributed by atoms with E-state index >= 15 is 0 Å². The van der Waals surface area contributed by atoms with E-state index in [9.17, 15) is 19.7 Å². The van der Waals surface area contributed by atoms with E-state index in [1.54, 1.807) is 6.92 Å². The largest absolute Gasteiger partial charge is 0.481 e. The standard InChI is InChI=1S/C12H12N4O5S/c1-2-15(4-3-10(17)18)12(19)7-5-8-11(14-22-13-8)9(6-7)16(20)21/h5-6H,2-4H2,1H3,(H,17,18). The Kier molecular flexibility index (Phi) is 4.61. The van der Waals surface area contributed by atoms with Crippen molar-refractivity contribution in [1.29, 1.82) is 0 Å². The van der Waals surface area contributed by atoms with Crippen LogP contribution in [0.15, 0.2) is 12.1 Å². The Labute approximate surface area is 128 Å². The summed E-state index contributed by atoms with van der Waals surface area (Å²) in [6.45, 7) is 2.04. The molecule has 2 rings (SSSR count). The number of non-ortho nitro benzene ring substituents is 1. The van der Waals surface area contributed by atoms with Crippen molar-refractivity contribution >= 4 is 40.3 Å². The highest BCUT2D eigenvalue weighted by Gasteiger charge is 2.22. The molecule has 0 unspecified atom stereocenters. The summed E-state index contributed by atoms with van der Waals surface area (Å²) in [7, 11) is 0. The first-order chi connectivity index (χ1) is 10.4. The number of hydrogen-bond acceptors (Lipinski definition) is 7. The van der Waals surface area contributed by atoms with Crippen LogP contribution in [0.2, 0.25) is 0 Å². The smallest absolute Gasteiger partial charge is 0.305 e. The van der Waals surface area contributed by atoms with Gasteiger partial charge >= 0.3 is 5.97 Å². The van der Waals surface area contributed by atoms with Gasteiger partial charge in [-0.2, -0.15) is 8.75 Å². The average molecular weight is 324 g/mol. The van der Waals surface area contributed by atoms with Gasteiger partial charge in [0, 0.05) is 24.7 Å². The van der Waals surface area contributed by atoms with Crippen LogP contribution in [0, 0.1) is 10.1 Å². The first kappa shape index (κ1) is 15.8. The van der Waals surface area contributed by atoms with Crippen molar-refractivity contribution in [3.05, 3.63) is 27.8 Å². The molecule has 10 heteroatoms. The Morgan fingerprint density at radius 3 is 2.73 bits per heavy atom. The van der Waals surface area contributed by atoms with E-state index in [0.29, 0.717) is 6.54 Å². The van der Waals surface area contributed by atoms with Crippen LogP contribution in [0.1, 0.15) is 23.7 Å². The second kappa shape index (κ2) is 6.43. The highest BCUT2D eigenvalue weighted by molar-refractivity contribution is 7.00. The molecule has 0 aliphatic rings. The molecule has 0 aliphatic heterocycles. The summed E-state index contributed by atoms with van der Waals surface area (Å²) in [5.74, 6) is -1.49. The van der Waals surface area contributed by atoms with Crippen LogP contribution in [0.25, 0.3) is 11.0 Å². The molecular formula is C12H12N4O5S. The van der Waals surface area contributed by atoms with Gasteiger partial charge < -0.3 is 10.0 Å². The number of amides is 1. The van der Waals surface area contributed by atoms with Crippen molar-refractivity contribution in [2.24, 2.45) is 0 Å². The maximum absolute atomic E-state index is 12.4. The van der Waals surface area contributed by atoms with E-state index in [-0.39, 0.29) is 35.2 Å². The second-order valence-electron chi connectivity index (χ2n) is 4.41. The minimum absolute atomic E-state index is 0.0335. The van der Waals surface area contributed by atoms with Gasteiger partial charge in [0.25, 0.3) is 11.6 Å². The van der Waals surface area contributed by atoms with Gasteiger partial charge in [-0.25, -0.2) is 0 Å². The fourth-order valence-corrected chi connectivity index (χ4v) is 2.49. The number of carbonyl (C=O) groups is 2. The van der Waals surface area contributed by atoms with E-state index < -0.39 is 16.8 Å². The molecule has 1 amide bonds. The predicted octanol–water partition coefficient (Wildman–Crippen LogP) is 1.54. The topological polar surface area (TPSA) is 127 Å². The fourth-order valence-electron chi connectivity index (χ4n) is 1.95. The zero-order chi connectivity index (χ0) is 16.3. The molecule has 0 aliphatic carbocycles. The molecule has 0 radical (unpaired) electrons. The van der Waals surface area contributed by atoms with Crippen LogP contribution in [0.5, 0.6) is 0 Å². The van der Waals surface area contributed by atoms with Crippen LogP contribution in [0.3, 0.4) is 0 Å². The second-order valence-corrected chi connectivity index (χ2v) is 4.94. The number of hydrogen-bond donors (Lipinski definition) is 1. The summed E-state index contributed by atoms with van der Waals surface area (Å²) >= 11 is 0.826. The van der Waals surface area contributed by atoms with Gasteiger partial charge in [-0.3, -0.25) is 19.7 Å². The van der Waals surface area contributed by atoms with Gasteiger partial charge in [0.05, 0.1) is 23.1 Å².